The lowest BCUT2D eigenvalue weighted by Gasteiger charge is -2.13. The molecule has 4 rings (SSSR count). The van der Waals surface area contributed by atoms with Crippen LogP contribution >= 0.6 is 0 Å². The van der Waals surface area contributed by atoms with Crippen LogP contribution in [0.4, 0.5) is 0 Å². The largest absolute Gasteiger partial charge is 0.381 e. The fourth-order valence-electron chi connectivity index (χ4n) is 3.66. The third kappa shape index (κ3) is 3.52. The van der Waals surface area contributed by atoms with Crippen molar-refractivity contribution in [1.29, 1.82) is 0 Å². The van der Waals surface area contributed by atoms with Gasteiger partial charge in [0, 0.05) is 30.7 Å². The number of nitrogens with one attached hydrogen (secondary N) is 1. The van der Waals surface area contributed by atoms with Gasteiger partial charge in [-0.3, -0.25) is 4.79 Å². The number of fused-ring (bicyclic) bond motifs is 1. The second kappa shape index (κ2) is 7.72. The summed E-state index contributed by atoms with van der Waals surface area (Å²) in [5, 5.41) is 8.35. The van der Waals surface area contributed by atoms with Crippen molar-refractivity contribution in [2.24, 2.45) is 5.92 Å². The molecule has 146 valence electrons. The molecule has 2 aromatic heterocycles. The molecule has 6 nitrogen and oxygen atoms in total. The zero-order chi connectivity index (χ0) is 19.7. The molecule has 1 saturated heterocycles. The SMILES string of the molecule is Cc1ccccc1-c1cc(C(=O)NCC2CCOC2)c2cnn(C(C)C)c2n1. The summed E-state index contributed by atoms with van der Waals surface area (Å²) < 4.78 is 7.28. The summed E-state index contributed by atoms with van der Waals surface area (Å²) in [5.74, 6) is 0.299. The van der Waals surface area contributed by atoms with Crippen molar-refractivity contribution in [3.63, 3.8) is 0 Å². The van der Waals surface area contributed by atoms with Crippen LogP contribution in [-0.4, -0.2) is 40.4 Å². The van der Waals surface area contributed by atoms with Crippen LogP contribution in [0.1, 0.15) is 42.2 Å². The fourth-order valence-corrected chi connectivity index (χ4v) is 3.66. The number of aromatic nitrogens is 3. The molecule has 0 bridgehead atoms. The number of ether oxygens (including phenoxy) is 1. The van der Waals surface area contributed by atoms with Gasteiger partial charge in [-0.1, -0.05) is 24.3 Å². The molecule has 1 N–H and O–H groups in total. The van der Waals surface area contributed by atoms with Crippen LogP contribution in [0.15, 0.2) is 36.5 Å². The Hall–Kier alpha value is -2.73. The Labute approximate surface area is 164 Å². The molecule has 1 amide bonds. The van der Waals surface area contributed by atoms with Gasteiger partial charge in [-0.25, -0.2) is 9.67 Å². The lowest BCUT2D eigenvalue weighted by Crippen LogP contribution is -2.29. The van der Waals surface area contributed by atoms with E-state index >= 15 is 0 Å². The van der Waals surface area contributed by atoms with Gasteiger partial charge >= 0.3 is 0 Å². The van der Waals surface area contributed by atoms with Crippen molar-refractivity contribution in [2.45, 2.75) is 33.2 Å². The zero-order valence-electron chi connectivity index (χ0n) is 16.6. The highest BCUT2D eigenvalue weighted by atomic mass is 16.5. The van der Waals surface area contributed by atoms with E-state index in [1.165, 1.54) is 0 Å². The second-order valence-corrected chi connectivity index (χ2v) is 7.73. The maximum absolute atomic E-state index is 13.0. The number of carbonyl (C=O) groups excluding carboxylic acids is 1. The topological polar surface area (TPSA) is 69.0 Å². The summed E-state index contributed by atoms with van der Waals surface area (Å²) >= 11 is 0. The monoisotopic (exact) mass is 378 g/mol. The number of hydrogen-bond acceptors (Lipinski definition) is 4. The van der Waals surface area contributed by atoms with Crippen molar-refractivity contribution in [1.82, 2.24) is 20.1 Å². The highest BCUT2D eigenvalue weighted by Gasteiger charge is 2.21. The fraction of sp³-hybridized carbons (Fsp3) is 0.409. The molecule has 28 heavy (non-hydrogen) atoms. The molecular weight excluding hydrogens is 352 g/mol. The Morgan fingerprint density at radius 3 is 2.89 bits per heavy atom. The molecule has 6 heteroatoms. The molecule has 1 aliphatic rings. The molecule has 0 saturated carbocycles. The van der Waals surface area contributed by atoms with Gasteiger partial charge in [0.1, 0.15) is 0 Å². The Balaban J connectivity index is 1.77. The smallest absolute Gasteiger partial charge is 0.252 e. The van der Waals surface area contributed by atoms with E-state index in [1.54, 1.807) is 6.20 Å². The standard InChI is InChI=1S/C22H26N4O2/c1-14(2)26-21-19(12-24-26)18(22(27)23-11-16-8-9-28-13-16)10-20(25-21)17-7-5-4-6-15(17)3/h4-7,10,12,14,16H,8-9,11,13H2,1-3H3,(H,23,27). The van der Waals surface area contributed by atoms with Gasteiger partial charge in [-0.2, -0.15) is 5.10 Å². The highest BCUT2D eigenvalue weighted by molar-refractivity contribution is 6.06. The third-order valence-electron chi connectivity index (χ3n) is 5.30. The third-order valence-corrected chi connectivity index (χ3v) is 5.30. The van der Waals surface area contributed by atoms with E-state index in [2.05, 4.69) is 37.3 Å². The van der Waals surface area contributed by atoms with Crippen molar-refractivity contribution < 1.29 is 9.53 Å². The number of nitrogens with zero attached hydrogens (tertiary/aromatic N) is 3. The number of hydrogen-bond donors (Lipinski definition) is 1. The van der Waals surface area contributed by atoms with Gasteiger partial charge in [0.2, 0.25) is 0 Å². The van der Waals surface area contributed by atoms with Crippen molar-refractivity contribution in [3.05, 3.63) is 47.7 Å². The quantitative estimate of drug-likeness (QED) is 0.734. The molecule has 3 heterocycles. The summed E-state index contributed by atoms with van der Waals surface area (Å²) in [6.45, 7) is 8.30. The first-order valence-corrected chi connectivity index (χ1v) is 9.85. The van der Waals surface area contributed by atoms with Crippen molar-refractivity contribution >= 4 is 16.9 Å². The average Bonchev–Trinajstić information content (AvgIpc) is 3.35. The Bertz CT molecular complexity index is 1000. The normalized spacial score (nSPS) is 16.8. The van der Waals surface area contributed by atoms with E-state index in [4.69, 9.17) is 9.72 Å². The van der Waals surface area contributed by atoms with Gasteiger partial charge in [0.25, 0.3) is 5.91 Å². The van der Waals surface area contributed by atoms with Gasteiger partial charge in [0.15, 0.2) is 5.65 Å². The maximum Gasteiger partial charge on any atom is 0.252 e. The number of rotatable bonds is 5. The van der Waals surface area contributed by atoms with Crippen LogP contribution in [0.2, 0.25) is 0 Å². The molecule has 0 aliphatic carbocycles. The number of pyridine rings is 1. The van der Waals surface area contributed by atoms with E-state index in [1.807, 2.05) is 28.9 Å². The van der Waals surface area contributed by atoms with E-state index in [-0.39, 0.29) is 11.9 Å². The lowest BCUT2D eigenvalue weighted by atomic mass is 10.0. The first-order valence-electron chi connectivity index (χ1n) is 9.85. The van der Waals surface area contributed by atoms with Crippen LogP contribution < -0.4 is 5.32 Å². The van der Waals surface area contributed by atoms with Crippen molar-refractivity contribution in [2.75, 3.05) is 19.8 Å². The van der Waals surface area contributed by atoms with E-state index in [0.29, 0.717) is 24.6 Å². The van der Waals surface area contributed by atoms with E-state index in [9.17, 15) is 4.79 Å². The number of aryl methyl sites for hydroxylation is 1. The minimum Gasteiger partial charge on any atom is -0.381 e. The van der Waals surface area contributed by atoms with Crippen LogP contribution in [0.25, 0.3) is 22.3 Å². The summed E-state index contributed by atoms with van der Waals surface area (Å²) in [6.07, 6.45) is 2.74. The molecule has 1 fully saturated rings. The molecule has 3 aromatic rings. The summed E-state index contributed by atoms with van der Waals surface area (Å²) in [5.41, 5.74) is 4.31. The van der Waals surface area contributed by atoms with Crippen LogP contribution in [0, 0.1) is 12.8 Å². The Morgan fingerprint density at radius 2 is 2.18 bits per heavy atom. The minimum absolute atomic E-state index is 0.0857. The molecular formula is C22H26N4O2. The van der Waals surface area contributed by atoms with E-state index in [0.717, 1.165) is 40.9 Å². The Morgan fingerprint density at radius 1 is 1.36 bits per heavy atom. The molecule has 1 atom stereocenters. The van der Waals surface area contributed by atoms with Gasteiger partial charge < -0.3 is 10.1 Å². The highest BCUT2D eigenvalue weighted by Crippen LogP contribution is 2.28. The Kier molecular flexibility index (Phi) is 5.13. The minimum atomic E-state index is -0.0857. The van der Waals surface area contributed by atoms with E-state index < -0.39 is 0 Å². The second-order valence-electron chi connectivity index (χ2n) is 7.73. The molecule has 0 radical (unpaired) electrons. The predicted molar refractivity (Wildman–Crippen MR) is 109 cm³/mol. The number of benzene rings is 1. The molecule has 1 aromatic carbocycles. The maximum atomic E-state index is 13.0. The average molecular weight is 378 g/mol. The number of amides is 1. The summed E-state index contributed by atoms with van der Waals surface area (Å²) in [6, 6.07) is 10.1. The molecule has 1 unspecified atom stereocenters. The zero-order valence-corrected chi connectivity index (χ0v) is 16.6. The first kappa shape index (κ1) is 18.6. The molecule has 1 aliphatic heterocycles. The van der Waals surface area contributed by atoms with Crippen LogP contribution in [0.3, 0.4) is 0 Å². The first-order chi connectivity index (χ1) is 13.5. The predicted octanol–water partition coefficient (Wildman–Crippen LogP) is 3.75. The number of carbonyl (C=O) groups is 1. The molecule has 0 spiro atoms. The van der Waals surface area contributed by atoms with Gasteiger partial charge in [0.05, 0.1) is 29.4 Å². The summed E-state index contributed by atoms with van der Waals surface area (Å²) in [7, 11) is 0. The van der Waals surface area contributed by atoms with Crippen molar-refractivity contribution in [3.8, 4) is 11.3 Å². The lowest BCUT2D eigenvalue weighted by molar-refractivity contribution is 0.0946. The van der Waals surface area contributed by atoms with Gasteiger partial charge in [-0.15, -0.1) is 0 Å². The van der Waals surface area contributed by atoms with Crippen LogP contribution in [0.5, 0.6) is 0 Å². The summed E-state index contributed by atoms with van der Waals surface area (Å²) in [4.78, 5) is 17.9. The van der Waals surface area contributed by atoms with Gasteiger partial charge in [-0.05, 0) is 38.8 Å². The van der Waals surface area contributed by atoms with Crippen LogP contribution in [-0.2, 0) is 4.74 Å².